The van der Waals surface area contributed by atoms with Gasteiger partial charge in [-0.25, -0.2) is 4.79 Å². The Bertz CT molecular complexity index is 215. The molecule has 0 aromatic rings. The van der Waals surface area contributed by atoms with Crippen molar-refractivity contribution < 1.29 is 19.0 Å². The first-order valence-corrected chi connectivity index (χ1v) is 2.98. The molecule has 12 heavy (non-hydrogen) atoms. The van der Waals surface area contributed by atoms with Crippen LogP contribution in [0.5, 0.6) is 0 Å². The third-order valence-electron chi connectivity index (χ3n) is 0.768. The van der Waals surface area contributed by atoms with E-state index in [4.69, 9.17) is 10.5 Å². The quantitative estimate of drug-likeness (QED) is 0.314. The van der Waals surface area contributed by atoms with E-state index in [1.54, 1.807) is 0 Å². The Morgan fingerprint density at radius 2 is 1.83 bits per heavy atom. The average Bonchev–Trinajstić information content (AvgIpc) is 2.09. The fourth-order valence-electron chi connectivity index (χ4n) is 0.376. The van der Waals surface area contributed by atoms with Crippen LogP contribution in [-0.2, 0) is 19.0 Å². The highest BCUT2D eigenvalue weighted by molar-refractivity contribution is 5.70. The van der Waals surface area contributed by atoms with Crippen LogP contribution in [0.25, 0.3) is 0 Å². The molecule has 64 valence electrons. The van der Waals surface area contributed by atoms with Gasteiger partial charge in [-0.2, -0.15) is 10.5 Å². The number of ether oxygens (including phenoxy) is 3. The van der Waals surface area contributed by atoms with E-state index in [0.717, 1.165) is 0 Å². The van der Waals surface area contributed by atoms with Crippen LogP contribution in [0, 0.1) is 23.0 Å². The molecule has 0 fully saturated rings. The Hall–Kier alpha value is -1.95. The van der Waals surface area contributed by atoms with E-state index in [1.807, 2.05) is 0 Å². The van der Waals surface area contributed by atoms with Gasteiger partial charge in [0, 0.05) is 0 Å². The van der Waals surface area contributed by atoms with E-state index in [-0.39, 0.29) is 13.2 Å². The Labute approximate surface area is 68.9 Å². The van der Waals surface area contributed by atoms with Gasteiger partial charge in [0.25, 0.3) is 12.5 Å². The lowest BCUT2D eigenvalue weighted by molar-refractivity contribution is -0.147. The van der Waals surface area contributed by atoms with Crippen molar-refractivity contribution in [3.05, 3.63) is 0 Å². The smallest absolute Gasteiger partial charge is 0.345 e. The highest BCUT2D eigenvalue weighted by atomic mass is 16.6. The summed E-state index contributed by atoms with van der Waals surface area (Å²) >= 11 is 0. The Morgan fingerprint density at radius 1 is 1.17 bits per heavy atom. The number of nitrogens with zero attached hydrogens (tertiary/aromatic N) is 2. The van der Waals surface area contributed by atoms with Crippen LogP contribution in [0.3, 0.4) is 0 Å². The molecule has 0 aliphatic heterocycles. The zero-order valence-corrected chi connectivity index (χ0v) is 6.15. The molecule has 0 heterocycles. The summed E-state index contributed by atoms with van der Waals surface area (Å²) in [7, 11) is 0. The second-order valence-corrected chi connectivity index (χ2v) is 1.54. The van der Waals surface area contributed by atoms with Crippen molar-refractivity contribution in [3.63, 3.8) is 0 Å². The first-order valence-electron chi connectivity index (χ1n) is 2.98. The van der Waals surface area contributed by atoms with Gasteiger partial charge in [0.05, 0.1) is 0 Å². The molecule has 6 nitrogen and oxygen atoms in total. The number of esters is 1. The van der Waals surface area contributed by atoms with Crippen molar-refractivity contribution in [2.75, 3.05) is 19.8 Å². The second-order valence-electron chi connectivity index (χ2n) is 1.54. The number of hydrogen-bond acceptors (Lipinski definition) is 6. The fourth-order valence-corrected chi connectivity index (χ4v) is 0.376. The van der Waals surface area contributed by atoms with Gasteiger partial charge >= 0.3 is 5.97 Å². The number of nitriles is 2. The van der Waals surface area contributed by atoms with Crippen LogP contribution in [-0.4, -0.2) is 25.8 Å². The SMILES string of the molecule is N#COCCOC(=O)COC#N. The normalized spacial score (nSPS) is 7.50. The second kappa shape index (κ2) is 7.16. The standard InChI is InChI=1S/C6H6N2O4/c7-4-10-1-2-12-6(9)3-11-5-8/h1-3H2. The maximum atomic E-state index is 10.5. The number of carbonyl (C=O) groups is 1. The van der Waals surface area contributed by atoms with Gasteiger partial charge in [0.1, 0.15) is 13.2 Å². The largest absolute Gasteiger partial charge is 0.459 e. The molecule has 0 rings (SSSR count). The van der Waals surface area contributed by atoms with E-state index in [0.29, 0.717) is 0 Å². The van der Waals surface area contributed by atoms with Crippen LogP contribution in [0.15, 0.2) is 0 Å². The highest BCUT2D eigenvalue weighted by Crippen LogP contribution is 1.81. The van der Waals surface area contributed by atoms with Crippen molar-refractivity contribution in [1.82, 2.24) is 0 Å². The van der Waals surface area contributed by atoms with Crippen LogP contribution >= 0.6 is 0 Å². The highest BCUT2D eigenvalue weighted by Gasteiger charge is 2.01. The van der Waals surface area contributed by atoms with Crippen LogP contribution in [0.2, 0.25) is 0 Å². The zero-order chi connectivity index (χ0) is 9.23. The maximum absolute atomic E-state index is 10.5. The van der Waals surface area contributed by atoms with Gasteiger partial charge in [-0.3, -0.25) is 0 Å². The molecule has 0 aliphatic carbocycles. The Morgan fingerprint density at radius 3 is 2.42 bits per heavy atom. The third-order valence-corrected chi connectivity index (χ3v) is 0.768. The van der Waals surface area contributed by atoms with Crippen molar-refractivity contribution in [2.45, 2.75) is 0 Å². The molecular weight excluding hydrogens is 164 g/mol. The summed E-state index contributed by atoms with van der Waals surface area (Å²) in [6.45, 7) is -0.432. The van der Waals surface area contributed by atoms with Gasteiger partial charge in [-0.15, -0.1) is 0 Å². The van der Waals surface area contributed by atoms with Crippen molar-refractivity contribution in [1.29, 1.82) is 10.5 Å². The number of rotatable bonds is 5. The van der Waals surface area contributed by atoms with Crippen molar-refractivity contribution in [2.24, 2.45) is 0 Å². The predicted molar refractivity (Wildman–Crippen MR) is 34.1 cm³/mol. The lowest BCUT2D eigenvalue weighted by atomic mass is 10.7. The summed E-state index contributed by atoms with van der Waals surface area (Å²) in [5, 5.41) is 15.8. The minimum atomic E-state index is -0.668. The van der Waals surface area contributed by atoms with E-state index in [1.165, 1.54) is 12.5 Å². The van der Waals surface area contributed by atoms with E-state index in [9.17, 15) is 4.79 Å². The molecule has 0 saturated heterocycles. The molecule has 0 bridgehead atoms. The van der Waals surface area contributed by atoms with Crippen LogP contribution in [0.1, 0.15) is 0 Å². The van der Waals surface area contributed by atoms with Crippen LogP contribution in [0.4, 0.5) is 0 Å². The first-order chi connectivity index (χ1) is 5.81. The summed E-state index contributed by atoms with van der Waals surface area (Å²) in [4.78, 5) is 10.5. The minimum Gasteiger partial charge on any atom is -0.459 e. The summed E-state index contributed by atoms with van der Waals surface area (Å²) in [6, 6.07) is 0. The fraction of sp³-hybridized carbons (Fsp3) is 0.500. The summed E-state index contributed by atoms with van der Waals surface area (Å²) in [5.41, 5.74) is 0. The van der Waals surface area contributed by atoms with Crippen molar-refractivity contribution in [3.8, 4) is 12.5 Å². The van der Waals surface area contributed by atoms with Crippen LogP contribution < -0.4 is 0 Å². The van der Waals surface area contributed by atoms with Gasteiger partial charge in [0.2, 0.25) is 0 Å². The molecule has 0 amide bonds. The number of hydrogen-bond donors (Lipinski definition) is 0. The van der Waals surface area contributed by atoms with E-state index in [2.05, 4.69) is 14.2 Å². The molecule has 0 aliphatic rings. The lowest BCUT2D eigenvalue weighted by Crippen LogP contribution is -2.13. The third kappa shape index (κ3) is 6.17. The minimum absolute atomic E-state index is 0.00872. The number of carbonyl (C=O) groups excluding carboxylic acids is 1. The molecule has 0 saturated carbocycles. The Kier molecular flexibility index (Phi) is 6.00. The summed E-state index contributed by atoms with van der Waals surface area (Å²) in [5.74, 6) is -0.668. The average molecular weight is 170 g/mol. The topological polar surface area (TPSA) is 92.3 Å². The maximum Gasteiger partial charge on any atom is 0.345 e. The molecule has 0 N–H and O–H groups in total. The molecular formula is C6H6N2O4. The first kappa shape index (κ1) is 10.0. The zero-order valence-electron chi connectivity index (χ0n) is 6.15. The van der Waals surface area contributed by atoms with Gasteiger partial charge in [-0.1, -0.05) is 0 Å². The molecule has 0 atom stereocenters. The molecule has 0 spiro atoms. The molecule has 0 unspecified atom stereocenters. The van der Waals surface area contributed by atoms with E-state index < -0.39 is 12.6 Å². The Balaban J connectivity index is 3.22. The monoisotopic (exact) mass is 170 g/mol. The molecule has 0 aromatic carbocycles. The summed E-state index contributed by atoms with van der Waals surface area (Å²) < 4.78 is 12.7. The van der Waals surface area contributed by atoms with Crippen molar-refractivity contribution >= 4 is 5.97 Å². The summed E-state index contributed by atoms with van der Waals surface area (Å²) in [6.07, 6.45) is 2.73. The van der Waals surface area contributed by atoms with Gasteiger partial charge in [0.15, 0.2) is 6.61 Å². The molecule has 0 aromatic heterocycles. The molecule has 0 radical (unpaired) electrons. The lowest BCUT2D eigenvalue weighted by Gasteiger charge is -2.00. The van der Waals surface area contributed by atoms with E-state index >= 15 is 0 Å². The molecule has 6 heteroatoms. The van der Waals surface area contributed by atoms with Gasteiger partial charge < -0.3 is 14.2 Å². The predicted octanol–water partition coefficient (Wildman–Crippen LogP) is -0.475. The van der Waals surface area contributed by atoms with Gasteiger partial charge in [-0.05, 0) is 0 Å².